The third-order valence-electron chi connectivity index (χ3n) is 3.45. The van der Waals surface area contributed by atoms with Crippen molar-refractivity contribution < 1.29 is 13.6 Å². The summed E-state index contributed by atoms with van der Waals surface area (Å²) in [5.41, 5.74) is 1.61. The molecule has 0 radical (unpaired) electrons. The maximum absolute atomic E-state index is 13.1. The summed E-state index contributed by atoms with van der Waals surface area (Å²) in [5.74, 6) is -3.04. The third-order valence-corrected chi connectivity index (χ3v) is 3.45. The van der Waals surface area contributed by atoms with E-state index < -0.39 is 12.5 Å². The maximum Gasteiger partial charge on any atom is 0.267 e. The lowest BCUT2D eigenvalue weighted by Gasteiger charge is -2.20. The highest BCUT2D eigenvalue weighted by molar-refractivity contribution is 5.94. The van der Waals surface area contributed by atoms with Crippen molar-refractivity contribution in [1.82, 2.24) is 4.90 Å². The molecule has 4 heteroatoms. The Bertz CT molecular complexity index is 474. The predicted octanol–water partition coefficient (Wildman–Crippen LogP) is 3.47. The lowest BCUT2D eigenvalue weighted by Crippen LogP contribution is -2.31. The lowest BCUT2D eigenvalue weighted by molar-refractivity contribution is 0.0120. The Morgan fingerprint density at radius 1 is 1.21 bits per heavy atom. The number of hydrogen-bond acceptors (Lipinski definition) is 1. The van der Waals surface area contributed by atoms with Gasteiger partial charge in [-0.2, -0.15) is 0 Å². The van der Waals surface area contributed by atoms with E-state index in [1.54, 1.807) is 12.1 Å². The van der Waals surface area contributed by atoms with Crippen LogP contribution in [0.4, 0.5) is 8.78 Å². The molecule has 0 bridgehead atoms. The minimum atomic E-state index is -2.74. The van der Waals surface area contributed by atoms with E-state index in [4.69, 9.17) is 0 Å². The van der Waals surface area contributed by atoms with Gasteiger partial charge in [0.25, 0.3) is 11.8 Å². The average Bonchev–Trinajstić information content (AvgIpc) is 2.68. The van der Waals surface area contributed by atoms with Crippen LogP contribution in [-0.4, -0.2) is 29.8 Å². The van der Waals surface area contributed by atoms with Crippen LogP contribution in [0.2, 0.25) is 0 Å². The fraction of sp³-hybridized carbons (Fsp3) is 0.533. The molecule has 1 aromatic rings. The SMILES string of the molecule is CC(C)(C)c1ccc(C(=O)N2CCC(F)(F)C2)cc1. The zero-order chi connectivity index (χ0) is 14.3. The van der Waals surface area contributed by atoms with Gasteiger partial charge < -0.3 is 4.90 Å². The zero-order valence-electron chi connectivity index (χ0n) is 11.5. The molecule has 0 atom stereocenters. The Hall–Kier alpha value is -1.45. The van der Waals surface area contributed by atoms with Gasteiger partial charge in [-0.3, -0.25) is 4.79 Å². The van der Waals surface area contributed by atoms with Gasteiger partial charge in [-0.15, -0.1) is 0 Å². The summed E-state index contributed by atoms with van der Waals surface area (Å²) in [6, 6.07) is 7.22. The summed E-state index contributed by atoms with van der Waals surface area (Å²) in [4.78, 5) is 13.3. The number of rotatable bonds is 1. The Morgan fingerprint density at radius 3 is 2.21 bits per heavy atom. The number of carbonyl (C=O) groups is 1. The Kier molecular flexibility index (Phi) is 3.37. The van der Waals surface area contributed by atoms with E-state index >= 15 is 0 Å². The topological polar surface area (TPSA) is 20.3 Å². The summed E-state index contributed by atoms with van der Waals surface area (Å²) in [7, 11) is 0. The molecular weight excluding hydrogens is 248 g/mol. The van der Waals surface area contributed by atoms with Crippen molar-refractivity contribution in [3.05, 3.63) is 35.4 Å². The molecule has 2 rings (SSSR count). The van der Waals surface area contributed by atoms with Gasteiger partial charge in [0.05, 0.1) is 6.54 Å². The molecule has 1 aliphatic heterocycles. The molecule has 0 aliphatic carbocycles. The van der Waals surface area contributed by atoms with Gasteiger partial charge in [0, 0.05) is 18.5 Å². The molecule has 1 aliphatic rings. The molecule has 0 saturated carbocycles. The van der Waals surface area contributed by atoms with Crippen molar-refractivity contribution in [2.24, 2.45) is 0 Å². The van der Waals surface area contributed by atoms with Crippen LogP contribution in [0.15, 0.2) is 24.3 Å². The molecule has 1 saturated heterocycles. The molecule has 0 aromatic heterocycles. The van der Waals surface area contributed by atoms with E-state index in [9.17, 15) is 13.6 Å². The van der Waals surface area contributed by atoms with Crippen LogP contribution in [-0.2, 0) is 5.41 Å². The van der Waals surface area contributed by atoms with Crippen LogP contribution in [0.25, 0.3) is 0 Å². The van der Waals surface area contributed by atoms with Crippen molar-refractivity contribution in [1.29, 1.82) is 0 Å². The molecule has 19 heavy (non-hydrogen) atoms. The largest absolute Gasteiger partial charge is 0.332 e. The number of nitrogens with zero attached hydrogens (tertiary/aromatic N) is 1. The van der Waals surface area contributed by atoms with Gasteiger partial charge in [-0.25, -0.2) is 8.78 Å². The minimum Gasteiger partial charge on any atom is -0.332 e. The molecule has 0 N–H and O–H groups in total. The van der Waals surface area contributed by atoms with Gasteiger partial charge in [0.15, 0.2) is 0 Å². The minimum absolute atomic E-state index is 0.0161. The van der Waals surface area contributed by atoms with E-state index in [0.717, 1.165) is 5.56 Å². The second-order valence-electron chi connectivity index (χ2n) is 6.16. The highest BCUT2D eigenvalue weighted by atomic mass is 19.3. The van der Waals surface area contributed by atoms with Gasteiger partial charge in [0.1, 0.15) is 0 Å². The van der Waals surface area contributed by atoms with Gasteiger partial charge in [-0.05, 0) is 23.1 Å². The van der Waals surface area contributed by atoms with E-state index in [1.807, 2.05) is 12.1 Å². The van der Waals surface area contributed by atoms with Crippen molar-refractivity contribution in [2.45, 2.75) is 38.5 Å². The van der Waals surface area contributed by atoms with Crippen molar-refractivity contribution in [2.75, 3.05) is 13.1 Å². The van der Waals surface area contributed by atoms with E-state index in [0.29, 0.717) is 5.56 Å². The van der Waals surface area contributed by atoms with E-state index in [2.05, 4.69) is 20.8 Å². The first-order valence-electron chi connectivity index (χ1n) is 6.47. The number of halogens is 2. The van der Waals surface area contributed by atoms with Crippen LogP contribution < -0.4 is 0 Å². The van der Waals surface area contributed by atoms with Crippen LogP contribution in [0.1, 0.15) is 43.1 Å². The first-order chi connectivity index (χ1) is 8.69. The maximum atomic E-state index is 13.1. The van der Waals surface area contributed by atoms with Crippen LogP contribution in [0, 0.1) is 0 Å². The normalized spacial score (nSPS) is 18.7. The van der Waals surface area contributed by atoms with Gasteiger partial charge in [-0.1, -0.05) is 32.9 Å². The van der Waals surface area contributed by atoms with Gasteiger partial charge >= 0.3 is 0 Å². The van der Waals surface area contributed by atoms with Crippen molar-refractivity contribution in [3.8, 4) is 0 Å². The fourth-order valence-corrected chi connectivity index (χ4v) is 2.20. The molecule has 104 valence electrons. The van der Waals surface area contributed by atoms with E-state index in [1.165, 1.54) is 4.90 Å². The molecule has 1 fully saturated rings. The quantitative estimate of drug-likeness (QED) is 0.763. The summed E-state index contributed by atoms with van der Waals surface area (Å²) in [6.07, 6.45) is -0.237. The number of likely N-dealkylation sites (tertiary alicyclic amines) is 1. The van der Waals surface area contributed by atoms with Crippen LogP contribution >= 0.6 is 0 Å². The number of alkyl halides is 2. The number of carbonyl (C=O) groups excluding carboxylic acids is 1. The number of hydrogen-bond donors (Lipinski definition) is 0. The number of amides is 1. The molecule has 0 unspecified atom stereocenters. The zero-order valence-corrected chi connectivity index (χ0v) is 11.5. The molecule has 1 amide bonds. The smallest absolute Gasteiger partial charge is 0.267 e. The highest BCUT2D eigenvalue weighted by Gasteiger charge is 2.40. The van der Waals surface area contributed by atoms with Crippen molar-refractivity contribution >= 4 is 5.91 Å². The van der Waals surface area contributed by atoms with Gasteiger partial charge in [0.2, 0.25) is 0 Å². The fourth-order valence-electron chi connectivity index (χ4n) is 2.20. The van der Waals surface area contributed by atoms with Crippen LogP contribution in [0.5, 0.6) is 0 Å². The highest BCUT2D eigenvalue weighted by Crippen LogP contribution is 2.28. The second kappa shape index (κ2) is 4.58. The predicted molar refractivity (Wildman–Crippen MR) is 70.6 cm³/mol. The first kappa shape index (κ1) is 14.0. The molecule has 0 spiro atoms. The van der Waals surface area contributed by atoms with E-state index in [-0.39, 0.29) is 24.3 Å². The number of benzene rings is 1. The third kappa shape index (κ3) is 3.11. The summed E-state index contributed by atoms with van der Waals surface area (Å²) in [6.45, 7) is 5.93. The Balaban J connectivity index is 2.13. The molecule has 1 heterocycles. The molecule has 1 aromatic carbocycles. The molecular formula is C15H19F2NO. The average molecular weight is 267 g/mol. The van der Waals surface area contributed by atoms with Crippen molar-refractivity contribution in [3.63, 3.8) is 0 Å². The summed E-state index contributed by atoms with van der Waals surface area (Å²) in [5, 5.41) is 0. The second-order valence-corrected chi connectivity index (χ2v) is 6.16. The summed E-state index contributed by atoms with van der Waals surface area (Å²) < 4.78 is 26.2. The monoisotopic (exact) mass is 267 g/mol. The van der Waals surface area contributed by atoms with Crippen LogP contribution in [0.3, 0.4) is 0 Å². The Morgan fingerprint density at radius 2 is 1.79 bits per heavy atom. The standard InChI is InChI=1S/C15H19F2NO/c1-14(2,3)12-6-4-11(5-7-12)13(19)18-9-8-15(16,17)10-18/h4-7H,8-10H2,1-3H3. The molecule has 2 nitrogen and oxygen atoms in total. The summed E-state index contributed by atoms with van der Waals surface area (Å²) >= 11 is 0. The first-order valence-corrected chi connectivity index (χ1v) is 6.47. The Labute approximate surface area is 112 Å². The lowest BCUT2D eigenvalue weighted by atomic mass is 9.86.